The number of sulfonamides is 1. The summed E-state index contributed by atoms with van der Waals surface area (Å²) in [5.74, 6) is 0. The van der Waals surface area contributed by atoms with Gasteiger partial charge in [-0.1, -0.05) is 84.0 Å². The Bertz CT molecular complexity index is 989. The fourth-order valence-corrected chi connectivity index (χ4v) is 4.90. The van der Waals surface area contributed by atoms with Crippen molar-refractivity contribution in [3.05, 3.63) is 95.1 Å². The van der Waals surface area contributed by atoms with Gasteiger partial charge in [-0.05, 0) is 56.7 Å². The number of halogens is 1. The number of benzene rings is 2. The molecule has 174 valence electrons. The molecule has 32 heavy (non-hydrogen) atoms. The summed E-state index contributed by atoms with van der Waals surface area (Å²) in [4.78, 5) is 0. The van der Waals surface area contributed by atoms with E-state index < -0.39 is 10.0 Å². The Labute approximate surface area is 199 Å². The zero-order valence-corrected chi connectivity index (χ0v) is 20.6. The highest BCUT2D eigenvalue weighted by atomic mass is 35.5. The maximum absolute atomic E-state index is 12.2. The lowest BCUT2D eigenvalue weighted by molar-refractivity contribution is 0.418. The minimum atomic E-state index is -3.38. The molecule has 3 rings (SSSR count). The first kappa shape index (κ1) is 26.3. The van der Waals surface area contributed by atoms with Crippen LogP contribution in [0.3, 0.4) is 0 Å². The first-order valence-corrected chi connectivity index (χ1v) is 13.0. The van der Waals surface area contributed by atoms with Crippen molar-refractivity contribution in [2.75, 3.05) is 12.8 Å². The minimum absolute atomic E-state index is 0. The molecule has 0 fully saturated rings. The van der Waals surface area contributed by atoms with E-state index in [-0.39, 0.29) is 24.5 Å². The highest BCUT2D eigenvalue weighted by Gasteiger charge is 2.27. The number of allylic oxidation sites excluding steroid dienone is 4. The van der Waals surface area contributed by atoms with Crippen molar-refractivity contribution in [2.24, 2.45) is 0 Å². The summed E-state index contributed by atoms with van der Waals surface area (Å²) >= 11 is 0. The summed E-state index contributed by atoms with van der Waals surface area (Å²) in [7, 11) is -3.38. The van der Waals surface area contributed by atoms with Crippen LogP contribution in [-0.2, 0) is 10.0 Å². The zero-order valence-electron chi connectivity index (χ0n) is 19.0. The molecule has 0 aliphatic heterocycles. The summed E-state index contributed by atoms with van der Waals surface area (Å²) in [6.07, 6.45) is 11.3. The Morgan fingerprint density at radius 1 is 0.875 bits per heavy atom. The van der Waals surface area contributed by atoms with Gasteiger partial charge in [-0.15, -0.1) is 12.4 Å². The average Bonchev–Trinajstić information content (AvgIpc) is 2.75. The van der Waals surface area contributed by atoms with Crippen LogP contribution < -0.4 is 10.0 Å². The summed E-state index contributed by atoms with van der Waals surface area (Å²) < 4.78 is 27.2. The summed E-state index contributed by atoms with van der Waals surface area (Å²) in [5.41, 5.74) is 5.03. The Kier molecular flexibility index (Phi) is 10.7. The van der Waals surface area contributed by atoms with Gasteiger partial charge in [-0.2, -0.15) is 0 Å². The van der Waals surface area contributed by atoms with Crippen LogP contribution in [0.15, 0.2) is 84.0 Å². The van der Waals surface area contributed by atoms with E-state index in [2.05, 4.69) is 41.2 Å². The normalized spacial score (nSPS) is 15.8. The van der Waals surface area contributed by atoms with Crippen LogP contribution in [0.4, 0.5) is 0 Å². The molecular weight excluding hydrogens is 440 g/mol. The molecule has 0 spiro atoms. The molecule has 0 heterocycles. The molecule has 0 radical (unpaired) electrons. The van der Waals surface area contributed by atoms with Crippen LogP contribution in [0.2, 0.25) is 0 Å². The van der Waals surface area contributed by atoms with E-state index in [1.807, 2.05) is 48.5 Å². The third-order valence-corrected chi connectivity index (χ3v) is 6.34. The fourth-order valence-electron chi connectivity index (χ4n) is 4.16. The first-order valence-electron chi connectivity index (χ1n) is 11.1. The second-order valence-corrected chi connectivity index (χ2v) is 10.2. The number of rotatable bonds is 11. The molecule has 1 aliphatic carbocycles. The third kappa shape index (κ3) is 8.55. The van der Waals surface area contributed by atoms with E-state index in [9.17, 15) is 8.42 Å². The molecule has 0 unspecified atom stereocenters. The van der Waals surface area contributed by atoms with Crippen LogP contribution >= 0.6 is 12.4 Å². The second kappa shape index (κ2) is 12.9. The quantitative estimate of drug-likeness (QED) is 0.316. The smallest absolute Gasteiger partial charge is 0.209 e. The van der Waals surface area contributed by atoms with Crippen molar-refractivity contribution in [2.45, 2.75) is 51.1 Å². The number of hydrogen-bond acceptors (Lipinski definition) is 3. The molecule has 6 heteroatoms. The van der Waals surface area contributed by atoms with Crippen LogP contribution in [0.5, 0.6) is 0 Å². The lowest BCUT2D eigenvalue weighted by Crippen LogP contribution is -2.38. The lowest BCUT2D eigenvalue weighted by Gasteiger charge is -2.29. The van der Waals surface area contributed by atoms with E-state index in [0.29, 0.717) is 0 Å². The van der Waals surface area contributed by atoms with Gasteiger partial charge in [-0.25, -0.2) is 13.1 Å². The molecule has 0 amide bonds. The highest BCUT2D eigenvalue weighted by molar-refractivity contribution is 7.88. The van der Waals surface area contributed by atoms with Crippen LogP contribution in [0.25, 0.3) is 0 Å². The first-order chi connectivity index (χ1) is 14.9. The van der Waals surface area contributed by atoms with Crippen molar-refractivity contribution >= 4 is 22.4 Å². The highest BCUT2D eigenvalue weighted by Crippen LogP contribution is 2.30. The predicted octanol–water partition coefficient (Wildman–Crippen LogP) is 5.87. The van der Waals surface area contributed by atoms with E-state index in [1.54, 1.807) is 5.57 Å². The molecule has 0 saturated carbocycles. The number of nitrogens with one attached hydrogen (secondary N) is 2. The maximum atomic E-state index is 12.2. The van der Waals surface area contributed by atoms with Crippen LogP contribution in [-0.4, -0.2) is 21.2 Å². The molecule has 2 aromatic carbocycles. The lowest BCUT2D eigenvalue weighted by atomic mass is 9.93. The fraction of sp³-hybridized carbons (Fsp3) is 0.385. The number of hydrogen-bond donors (Lipinski definition) is 2. The second-order valence-electron chi connectivity index (χ2n) is 8.40. The molecule has 1 aliphatic rings. The van der Waals surface area contributed by atoms with Crippen molar-refractivity contribution in [3.8, 4) is 0 Å². The van der Waals surface area contributed by atoms with Crippen LogP contribution in [0.1, 0.15) is 62.2 Å². The average molecular weight is 475 g/mol. The SMILES string of the molecule is CC1=CCC=C(CCCCN[C@@H](c2ccccc2)[C@@H](NS(C)(=O)=O)c2ccccc2)C1.Cl. The van der Waals surface area contributed by atoms with Gasteiger partial charge in [0, 0.05) is 0 Å². The molecule has 0 saturated heterocycles. The van der Waals surface area contributed by atoms with Crippen molar-refractivity contribution in [1.82, 2.24) is 10.0 Å². The molecule has 2 atom stereocenters. The van der Waals surface area contributed by atoms with Crippen molar-refractivity contribution in [1.29, 1.82) is 0 Å². The van der Waals surface area contributed by atoms with Crippen LogP contribution in [0, 0.1) is 0 Å². The van der Waals surface area contributed by atoms with Gasteiger partial charge in [0.25, 0.3) is 0 Å². The van der Waals surface area contributed by atoms with Gasteiger partial charge in [0.2, 0.25) is 10.0 Å². The third-order valence-electron chi connectivity index (χ3n) is 5.66. The molecule has 0 bridgehead atoms. The van der Waals surface area contributed by atoms with E-state index in [4.69, 9.17) is 0 Å². The standard InChI is InChI=1S/C26H34N2O2S.ClH/c1-21-12-11-14-22(20-21)13-9-10-19-27-25(23-15-5-3-6-16-23)26(28-31(2,29)30)24-17-7-4-8-18-24;/h3-8,12,14-18,25-28H,9-11,13,19-20H2,1-2H3;1H/t25-,26-;/m0./s1. The van der Waals surface area contributed by atoms with Gasteiger partial charge in [-0.3, -0.25) is 0 Å². The monoisotopic (exact) mass is 474 g/mol. The zero-order chi connectivity index (χ0) is 22.1. The van der Waals surface area contributed by atoms with Crippen molar-refractivity contribution in [3.63, 3.8) is 0 Å². The predicted molar refractivity (Wildman–Crippen MR) is 137 cm³/mol. The summed E-state index contributed by atoms with van der Waals surface area (Å²) in [5, 5.41) is 3.65. The van der Waals surface area contributed by atoms with E-state index in [1.165, 1.54) is 11.8 Å². The maximum Gasteiger partial charge on any atom is 0.209 e. The van der Waals surface area contributed by atoms with Gasteiger partial charge < -0.3 is 5.32 Å². The van der Waals surface area contributed by atoms with Gasteiger partial charge in [0.15, 0.2) is 0 Å². The van der Waals surface area contributed by atoms with E-state index >= 15 is 0 Å². The molecule has 4 nitrogen and oxygen atoms in total. The van der Waals surface area contributed by atoms with Gasteiger partial charge in [0.1, 0.15) is 0 Å². The largest absolute Gasteiger partial charge is 0.308 e. The Hall–Kier alpha value is -1.92. The minimum Gasteiger partial charge on any atom is -0.308 e. The van der Waals surface area contributed by atoms with Gasteiger partial charge >= 0.3 is 0 Å². The summed E-state index contributed by atoms with van der Waals surface area (Å²) in [6.45, 7) is 3.04. The number of unbranched alkanes of at least 4 members (excludes halogenated alkanes) is 1. The van der Waals surface area contributed by atoms with E-state index in [0.717, 1.165) is 49.8 Å². The molecule has 2 N–H and O–H groups in total. The Balaban J connectivity index is 0.00000363. The van der Waals surface area contributed by atoms with Gasteiger partial charge in [0.05, 0.1) is 18.3 Å². The topological polar surface area (TPSA) is 58.2 Å². The molecule has 0 aromatic heterocycles. The molecule has 2 aromatic rings. The summed E-state index contributed by atoms with van der Waals surface area (Å²) in [6, 6.07) is 19.3. The van der Waals surface area contributed by atoms with Crippen molar-refractivity contribution < 1.29 is 8.42 Å². The molecular formula is C26H35ClN2O2S. The Morgan fingerprint density at radius 3 is 2.03 bits per heavy atom. The Morgan fingerprint density at radius 2 is 1.47 bits per heavy atom.